The van der Waals surface area contributed by atoms with Crippen molar-refractivity contribution < 1.29 is 0 Å². The summed E-state index contributed by atoms with van der Waals surface area (Å²) in [5, 5.41) is 5.61. The molecule has 1 N–H and O–H groups in total. The van der Waals surface area contributed by atoms with Crippen LogP contribution in [0, 0.1) is 0 Å². The molecule has 0 amide bonds. The maximum absolute atomic E-state index is 3.45. The van der Waals surface area contributed by atoms with Crippen LogP contribution in [-0.4, -0.2) is 31.1 Å². The molecule has 0 aromatic carbocycles. The van der Waals surface area contributed by atoms with E-state index in [9.17, 15) is 0 Å². The van der Waals surface area contributed by atoms with Gasteiger partial charge in [-0.2, -0.15) is 0 Å². The average molecular weight is 240 g/mol. The quantitative estimate of drug-likeness (QED) is 0.668. The molecular weight excluding hydrogens is 216 g/mol. The number of hydrogen-bond donors (Lipinski definition) is 1. The van der Waals surface area contributed by atoms with Crippen LogP contribution in [0.25, 0.3) is 0 Å². The molecule has 3 heteroatoms. The lowest BCUT2D eigenvalue weighted by Gasteiger charge is -2.19. The van der Waals surface area contributed by atoms with Gasteiger partial charge in [0, 0.05) is 11.4 Å². The summed E-state index contributed by atoms with van der Waals surface area (Å²) in [5.74, 6) is 0. The third kappa shape index (κ3) is 5.64. The minimum Gasteiger partial charge on any atom is -0.317 e. The number of hydrogen-bond acceptors (Lipinski definition) is 3. The standard InChI is InChI=1S/C13H24N2S/c1-3-8-14-9-6-10-15(4-2)12-13-7-5-11-16-13/h5,7,11,14H,3-4,6,8-10,12H2,1-2H3. The van der Waals surface area contributed by atoms with Crippen molar-refractivity contribution in [2.24, 2.45) is 0 Å². The van der Waals surface area contributed by atoms with Crippen molar-refractivity contribution >= 4 is 11.3 Å². The van der Waals surface area contributed by atoms with Crippen molar-refractivity contribution in [3.63, 3.8) is 0 Å². The van der Waals surface area contributed by atoms with Crippen LogP contribution in [0.1, 0.15) is 31.6 Å². The van der Waals surface area contributed by atoms with Crippen molar-refractivity contribution in [3.05, 3.63) is 22.4 Å². The molecule has 16 heavy (non-hydrogen) atoms. The molecule has 2 nitrogen and oxygen atoms in total. The zero-order chi connectivity index (χ0) is 11.6. The van der Waals surface area contributed by atoms with E-state index in [2.05, 4.69) is 41.6 Å². The van der Waals surface area contributed by atoms with E-state index in [1.54, 1.807) is 0 Å². The zero-order valence-electron chi connectivity index (χ0n) is 10.5. The fourth-order valence-corrected chi connectivity index (χ4v) is 2.45. The van der Waals surface area contributed by atoms with Gasteiger partial charge in [-0.1, -0.05) is 19.9 Å². The SMILES string of the molecule is CCCNCCCN(CC)Cc1cccs1. The van der Waals surface area contributed by atoms with Gasteiger partial charge in [-0.05, 0) is 50.5 Å². The summed E-state index contributed by atoms with van der Waals surface area (Å²) >= 11 is 1.86. The Kier molecular flexibility index (Phi) is 7.47. The largest absolute Gasteiger partial charge is 0.317 e. The normalized spacial score (nSPS) is 11.2. The molecule has 0 fully saturated rings. The van der Waals surface area contributed by atoms with Gasteiger partial charge in [0.15, 0.2) is 0 Å². The Balaban J connectivity index is 2.12. The van der Waals surface area contributed by atoms with Crippen molar-refractivity contribution in [1.82, 2.24) is 10.2 Å². The second-order valence-electron chi connectivity index (χ2n) is 4.05. The molecule has 92 valence electrons. The van der Waals surface area contributed by atoms with Crippen molar-refractivity contribution in [2.45, 2.75) is 33.2 Å². The first-order chi connectivity index (χ1) is 7.86. The molecular formula is C13H24N2S. The molecule has 1 aromatic rings. The molecule has 0 radical (unpaired) electrons. The van der Waals surface area contributed by atoms with Gasteiger partial charge in [-0.15, -0.1) is 11.3 Å². The van der Waals surface area contributed by atoms with E-state index in [1.807, 2.05) is 11.3 Å². The molecule has 0 aliphatic rings. The van der Waals surface area contributed by atoms with E-state index in [1.165, 1.54) is 24.3 Å². The van der Waals surface area contributed by atoms with Crippen molar-refractivity contribution in [1.29, 1.82) is 0 Å². The fraction of sp³-hybridized carbons (Fsp3) is 0.692. The van der Waals surface area contributed by atoms with E-state index >= 15 is 0 Å². The Labute approximate surface area is 104 Å². The van der Waals surface area contributed by atoms with Gasteiger partial charge in [-0.3, -0.25) is 4.90 Å². The highest BCUT2D eigenvalue weighted by atomic mass is 32.1. The Bertz CT molecular complexity index is 246. The molecule has 0 saturated carbocycles. The second kappa shape index (κ2) is 8.74. The summed E-state index contributed by atoms with van der Waals surface area (Å²) in [6, 6.07) is 4.36. The molecule has 0 saturated heterocycles. The number of nitrogens with one attached hydrogen (secondary N) is 1. The first-order valence-corrected chi connectivity index (χ1v) is 7.20. The van der Waals surface area contributed by atoms with Gasteiger partial charge in [0.05, 0.1) is 0 Å². The maximum atomic E-state index is 3.45. The smallest absolute Gasteiger partial charge is 0.0327 e. The van der Waals surface area contributed by atoms with Crippen LogP contribution in [0.5, 0.6) is 0 Å². The summed E-state index contributed by atoms with van der Waals surface area (Å²) < 4.78 is 0. The molecule has 0 aliphatic heterocycles. The van der Waals surface area contributed by atoms with Gasteiger partial charge in [0.2, 0.25) is 0 Å². The van der Waals surface area contributed by atoms with Gasteiger partial charge in [-0.25, -0.2) is 0 Å². The van der Waals surface area contributed by atoms with E-state index in [0.29, 0.717) is 0 Å². The van der Waals surface area contributed by atoms with Crippen molar-refractivity contribution in [3.8, 4) is 0 Å². The van der Waals surface area contributed by atoms with Gasteiger partial charge in [0.1, 0.15) is 0 Å². The number of rotatable bonds is 9. The second-order valence-corrected chi connectivity index (χ2v) is 5.08. The molecule has 0 unspecified atom stereocenters. The highest BCUT2D eigenvalue weighted by molar-refractivity contribution is 7.09. The molecule has 0 spiro atoms. The van der Waals surface area contributed by atoms with Crippen molar-refractivity contribution in [2.75, 3.05) is 26.2 Å². The fourth-order valence-electron chi connectivity index (χ4n) is 1.70. The van der Waals surface area contributed by atoms with Crippen LogP contribution in [0.4, 0.5) is 0 Å². The van der Waals surface area contributed by atoms with Crippen LogP contribution in [-0.2, 0) is 6.54 Å². The van der Waals surface area contributed by atoms with Gasteiger partial charge >= 0.3 is 0 Å². The summed E-state index contributed by atoms with van der Waals surface area (Å²) in [6.07, 6.45) is 2.48. The molecule has 1 rings (SSSR count). The Morgan fingerprint density at radius 1 is 1.31 bits per heavy atom. The van der Waals surface area contributed by atoms with E-state index in [0.717, 1.165) is 26.2 Å². The highest BCUT2D eigenvalue weighted by Gasteiger charge is 2.03. The highest BCUT2D eigenvalue weighted by Crippen LogP contribution is 2.11. The lowest BCUT2D eigenvalue weighted by molar-refractivity contribution is 0.277. The molecule has 0 aliphatic carbocycles. The first-order valence-electron chi connectivity index (χ1n) is 6.32. The predicted octanol–water partition coefficient (Wildman–Crippen LogP) is 2.96. The maximum Gasteiger partial charge on any atom is 0.0327 e. The minimum absolute atomic E-state index is 1.11. The first kappa shape index (κ1) is 13.7. The number of thiophene rings is 1. The summed E-state index contributed by atoms with van der Waals surface area (Å²) in [4.78, 5) is 3.99. The van der Waals surface area contributed by atoms with Crippen LogP contribution >= 0.6 is 11.3 Å². The minimum atomic E-state index is 1.11. The lowest BCUT2D eigenvalue weighted by Crippen LogP contribution is -2.27. The molecule has 0 bridgehead atoms. The van der Waals surface area contributed by atoms with Crippen LogP contribution in [0.3, 0.4) is 0 Å². The van der Waals surface area contributed by atoms with Gasteiger partial charge < -0.3 is 5.32 Å². The zero-order valence-corrected chi connectivity index (χ0v) is 11.4. The van der Waals surface area contributed by atoms with E-state index < -0.39 is 0 Å². The summed E-state index contributed by atoms with van der Waals surface area (Å²) in [7, 11) is 0. The van der Waals surface area contributed by atoms with Crippen LogP contribution in [0.15, 0.2) is 17.5 Å². The Hall–Kier alpha value is -0.380. The van der Waals surface area contributed by atoms with E-state index in [-0.39, 0.29) is 0 Å². The van der Waals surface area contributed by atoms with Crippen LogP contribution in [0.2, 0.25) is 0 Å². The predicted molar refractivity (Wildman–Crippen MR) is 73.0 cm³/mol. The third-order valence-corrected chi connectivity index (χ3v) is 3.52. The Morgan fingerprint density at radius 3 is 2.81 bits per heavy atom. The molecule has 1 aromatic heterocycles. The van der Waals surface area contributed by atoms with Crippen LogP contribution < -0.4 is 5.32 Å². The topological polar surface area (TPSA) is 15.3 Å². The lowest BCUT2D eigenvalue weighted by atomic mass is 10.3. The summed E-state index contributed by atoms with van der Waals surface area (Å²) in [6.45, 7) is 10.2. The monoisotopic (exact) mass is 240 g/mol. The van der Waals surface area contributed by atoms with E-state index in [4.69, 9.17) is 0 Å². The number of nitrogens with zero attached hydrogens (tertiary/aromatic N) is 1. The molecule has 1 heterocycles. The summed E-state index contributed by atoms with van der Waals surface area (Å²) in [5.41, 5.74) is 0. The van der Waals surface area contributed by atoms with Gasteiger partial charge in [0.25, 0.3) is 0 Å². The Morgan fingerprint density at radius 2 is 2.19 bits per heavy atom. The average Bonchev–Trinajstić information content (AvgIpc) is 2.80. The third-order valence-electron chi connectivity index (χ3n) is 2.66. The molecule has 0 atom stereocenters.